The molecule has 2 rings (SSSR count). The number of nitrogens with two attached hydrogens (primary N) is 1. The fraction of sp³-hybridized carbons (Fsp3) is 0.533. The maximum atomic E-state index is 12.2. The van der Waals surface area contributed by atoms with Crippen LogP contribution in [0.1, 0.15) is 28.8 Å². The van der Waals surface area contributed by atoms with Gasteiger partial charge in [-0.1, -0.05) is 11.6 Å². The minimum Gasteiger partial charge on any atom is -0.507 e. The van der Waals surface area contributed by atoms with E-state index in [9.17, 15) is 9.90 Å². The minimum atomic E-state index is -0.191. The number of nitrogens with zero attached hydrogens (tertiary/aromatic N) is 1. The Bertz CT molecular complexity index is 468. The zero-order chi connectivity index (χ0) is 14.5. The van der Waals surface area contributed by atoms with Crippen molar-refractivity contribution in [2.45, 2.75) is 25.8 Å². The van der Waals surface area contributed by atoms with Gasteiger partial charge >= 0.3 is 0 Å². The van der Waals surface area contributed by atoms with Crippen molar-refractivity contribution in [3.8, 4) is 5.75 Å². The van der Waals surface area contributed by atoms with Crippen molar-refractivity contribution in [2.75, 3.05) is 26.2 Å². The lowest BCUT2D eigenvalue weighted by atomic mass is 10.0. The van der Waals surface area contributed by atoms with Gasteiger partial charge in [-0.2, -0.15) is 0 Å². The first-order valence-corrected chi connectivity index (χ1v) is 7.13. The Morgan fingerprint density at radius 1 is 1.45 bits per heavy atom. The van der Waals surface area contributed by atoms with Crippen LogP contribution in [0.5, 0.6) is 5.75 Å². The number of nitrogens with one attached hydrogen (secondary N) is 1. The molecule has 4 N–H and O–H groups in total. The summed E-state index contributed by atoms with van der Waals surface area (Å²) in [5.74, 6) is -0.155. The van der Waals surface area contributed by atoms with Crippen LogP contribution >= 0.6 is 0 Å². The molecule has 110 valence electrons. The molecule has 1 aromatic rings. The Balaban J connectivity index is 1.91. The second-order valence-corrected chi connectivity index (χ2v) is 5.40. The van der Waals surface area contributed by atoms with E-state index >= 15 is 0 Å². The van der Waals surface area contributed by atoms with Gasteiger partial charge in [-0.25, -0.2) is 0 Å². The van der Waals surface area contributed by atoms with Crippen LogP contribution in [0.25, 0.3) is 0 Å². The molecular formula is C15H23N3O2. The van der Waals surface area contributed by atoms with Gasteiger partial charge < -0.3 is 21.1 Å². The highest BCUT2D eigenvalue weighted by molar-refractivity contribution is 5.97. The number of likely N-dealkylation sites (tertiary alicyclic amines) is 1. The summed E-state index contributed by atoms with van der Waals surface area (Å²) in [5.41, 5.74) is 6.86. The van der Waals surface area contributed by atoms with Crippen LogP contribution in [-0.4, -0.2) is 48.1 Å². The highest BCUT2D eigenvalue weighted by atomic mass is 16.3. The molecule has 0 bridgehead atoms. The molecule has 20 heavy (non-hydrogen) atoms. The summed E-state index contributed by atoms with van der Waals surface area (Å²) in [7, 11) is 0. The van der Waals surface area contributed by atoms with Gasteiger partial charge in [0.2, 0.25) is 0 Å². The quantitative estimate of drug-likeness (QED) is 0.762. The lowest BCUT2D eigenvalue weighted by Gasteiger charge is -2.32. The highest BCUT2D eigenvalue weighted by Gasteiger charge is 2.21. The number of hydrogen-bond acceptors (Lipinski definition) is 4. The van der Waals surface area contributed by atoms with E-state index in [0.29, 0.717) is 12.1 Å². The highest BCUT2D eigenvalue weighted by Crippen LogP contribution is 2.19. The van der Waals surface area contributed by atoms with Gasteiger partial charge in [0.25, 0.3) is 5.91 Å². The van der Waals surface area contributed by atoms with E-state index in [1.54, 1.807) is 18.2 Å². The molecule has 1 aliphatic heterocycles. The molecule has 1 saturated heterocycles. The molecule has 0 saturated carbocycles. The summed E-state index contributed by atoms with van der Waals surface area (Å²) in [6, 6.07) is 5.25. The number of hydrogen-bond donors (Lipinski definition) is 3. The number of rotatable bonds is 4. The van der Waals surface area contributed by atoms with Crippen LogP contribution in [0.2, 0.25) is 0 Å². The molecule has 1 heterocycles. The second kappa shape index (κ2) is 6.72. The predicted octanol–water partition coefficient (Wildman–Crippen LogP) is 0.854. The normalized spacial score (nSPS) is 17.1. The number of benzene rings is 1. The average molecular weight is 277 g/mol. The lowest BCUT2D eigenvalue weighted by Crippen LogP contribution is -2.45. The number of aromatic hydroxyl groups is 1. The van der Waals surface area contributed by atoms with Crippen molar-refractivity contribution in [1.82, 2.24) is 10.2 Å². The minimum absolute atomic E-state index is 0.0358. The largest absolute Gasteiger partial charge is 0.507 e. The lowest BCUT2D eigenvalue weighted by molar-refractivity contribution is 0.0909. The number of phenolic OH excluding ortho intramolecular Hbond substituents is 1. The molecule has 0 unspecified atom stereocenters. The van der Waals surface area contributed by atoms with Gasteiger partial charge in [-0.05, 0) is 31.9 Å². The van der Waals surface area contributed by atoms with Crippen molar-refractivity contribution in [3.63, 3.8) is 0 Å². The summed E-state index contributed by atoms with van der Waals surface area (Å²) in [6.45, 7) is 5.42. The van der Waals surface area contributed by atoms with Crippen LogP contribution in [0, 0.1) is 6.92 Å². The zero-order valence-corrected chi connectivity index (χ0v) is 11.9. The fourth-order valence-corrected chi connectivity index (χ4v) is 2.58. The van der Waals surface area contributed by atoms with Gasteiger partial charge in [-0.3, -0.25) is 4.79 Å². The van der Waals surface area contributed by atoms with Gasteiger partial charge in [0.1, 0.15) is 5.75 Å². The first-order valence-electron chi connectivity index (χ1n) is 7.13. The third kappa shape index (κ3) is 3.71. The summed E-state index contributed by atoms with van der Waals surface area (Å²) < 4.78 is 0. The zero-order valence-electron chi connectivity index (χ0n) is 11.9. The number of phenols is 1. The molecule has 1 fully saturated rings. The third-order valence-electron chi connectivity index (χ3n) is 3.76. The van der Waals surface area contributed by atoms with E-state index < -0.39 is 0 Å². The van der Waals surface area contributed by atoms with Gasteiger partial charge in [0, 0.05) is 32.2 Å². The molecule has 1 amide bonds. The van der Waals surface area contributed by atoms with Crippen LogP contribution < -0.4 is 11.1 Å². The molecule has 1 aliphatic rings. The Hall–Kier alpha value is -1.59. The fourth-order valence-electron chi connectivity index (χ4n) is 2.58. The molecular weight excluding hydrogens is 254 g/mol. The molecule has 5 nitrogen and oxygen atoms in total. The maximum absolute atomic E-state index is 12.2. The van der Waals surface area contributed by atoms with Crippen molar-refractivity contribution in [2.24, 2.45) is 5.73 Å². The van der Waals surface area contributed by atoms with E-state index in [0.717, 1.165) is 38.0 Å². The Morgan fingerprint density at radius 2 is 2.15 bits per heavy atom. The molecule has 0 atom stereocenters. The van der Waals surface area contributed by atoms with E-state index in [4.69, 9.17) is 5.73 Å². The molecule has 5 heteroatoms. The molecule has 0 aliphatic carbocycles. The number of carbonyl (C=O) groups is 1. The first kappa shape index (κ1) is 14.8. The number of aryl methyl sites for hydroxylation is 1. The summed E-state index contributed by atoms with van der Waals surface area (Å²) in [6.07, 6.45) is 1.86. The van der Waals surface area contributed by atoms with Gasteiger partial charge in [0.05, 0.1) is 5.56 Å². The van der Waals surface area contributed by atoms with E-state index in [1.807, 2.05) is 6.92 Å². The van der Waals surface area contributed by atoms with Crippen molar-refractivity contribution in [3.05, 3.63) is 29.3 Å². The Morgan fingerprint density at radius 3 is 2.80 bits per heavy atom. The first-order chi connectivity index (χ1) is 9.60. The van der Waals surface area contributed by atoms with Gasteiger partial charge in [-0.15, -0.1) is 0 Å². The van der Waals surface area contributed by atoms with Crippen LogP contribution in [0.15, 0.2) is 18.2 Å². The smallest absolute Gasteiger partial charge is 0.255 e. The Labute approximate surface area is 119 Å². The molecule has 0 spiro atoms. The predicted molar refractivity (Wildman–Crippen MR) is 78.8 cm³/mol. The van der Waals surface area contributed by atoms with Crippen LogP contribution in [-0.2, 0) is 0 Å². The van der Waals surface area contributed by atoms with Crippen molar-refractivity contribution < 1.29 is 9.90 Å². The van der Waals surface area contributed by atoms with Crippen LogP contribution in [0.3, 0.4) is 0 Å². The van der Waals surface area contributed by atoms with E-state index in [1.165, 1.54) is 0 Å². The standard InChI is InChI=1S/C15H23N3O2/c1-11-2-3-14(19)13(10-11)15(20)17-12-4-7-18(8-5-12)9-6-16/h2-3,10,12,19H,4-9,16H2,1H3,(H,17,20). The second-order valence-electron chi connectivity index (χ2n) is 5.40. The van der Waals surface area contributed by atoms with E-state index in [-0.39, 0.29) is 17.7 Å². The topological polar surface area (TPSA) is 78.6 Å². The molecule has 0 radical (unpaired) electrons. The summed E-state index contributed by atoms with van der Waals surface area (Å²) >= 11 is 0. The van der Waals surface area contributed by atoms with Crippen molar-refractivity contribution in [1.29, 1.82) is 0 Å². The summed E-state index contributed by atoms with van der Waals surface area (Å²) in [5, 5.41) is 12.8. The molecule has 1 aromatic carbocycles. The number of amides is 1. The van der Waals surface area contributed by atoms with Crippen LogP contribution in [0.4, 0.5) is 0 Å². The number of carbonyl (C=O) groups excluding carboxylic acids is 1. The monoisotopic (exact) mass is 277 g/mol. The van der Waals surface area contributed by atoms with E-state index in [2.05, 4.69) is 10.2 Å². The Kier molecular flexibility index (Phi) is 4.98. The number of piperidine rings is 1. The molecule has 0 aromatic heterocycles. The maximum Gasteiger partial charge on any atom is 0.255 e. The SMILES string of the molecule is Cc1ccc(O)c(C(=O)NC2CCN(CCN)CC2)c1. The third-order valence-corrected chi connectivity index (χ3v) is 3.76. The van der Waals surface area contributed by atoms with Gasteiger partial charge in [0.15, 0.2) is 0 Å². The average Bonchev–Trinajstić information content (AvgIpc) is 2.44. The van der Waals surface area contributed by atoms with Crippen molar-refractivity contribution >= 4 is 5.91 Å². The summed E-state index contributed by atoms with van der Waals surface area (Å²) in [4.78, 5) is 14.5.